The zero-order valence-corrected chi connectivity index (χ0v) is 18.1. The summed E-state index contributed by atoms with van der Waals surface area (Å²) in [6.45, 7) is 3.65. The molecule has 1 aliphatic heterocycles. The average Bonchev–Trinajstić information content (AvgIpc) is 2.99. The molecule has 2 aromatic carbocycles. The first kappa shape index (κ1) is 22.0. The third-order valence-electron chi connectivity index (χ3n) is 4.41. The van der Waals surface area contributed by atoms with Crippen LogP contribution in [0.4, 0.5) is 5.69 Å². The Labute approximate surface area is 185 Å². The van der Waals surface area contributed by atoms with Crippen LogP contribution in [0.25, 0.3) is 6.08 Å². The fourth-order valence-corrected chi connectivity index (χ4v) is 3.47. The fourth-order valence-electron chi connectivity index (χ4n) is 2.96. The van der Waals surface area contributed by atoms with Gasteiger partial charge in [0.05, 0.1) is 10.6 Å². The first-order chi connectivity index (χ1) is 14.5. The molecule has 30 heavy (non-hydrogen) atoms. The van der Waals surface area contributed by atoms with Gasteiger partial charge in [-0.15, -0.1) is 0 Å². The summed E-state index contributed by atoms with van der Waals surface area (Å²) < 4.78 is 5.31. The van der Waals surface area contributed by atoms with Crippen molar-refractivity contribution in [3.63, 3.8) is 0 Å². The first-order valence-corrected chi connectivity index (χ1v) is 10.4. The van der Waals surface area contributed by atoms with E-state index in [4.69, 9.17) is 28.6 Å². The normalized spacial score (nSPS) is 14.9. The summed E-state index contributed by atoms with van der Waals surface area (Å²) in [5.41, 5.74) is 2.13. The third kappa shape index (κ3) is 5.44. The molecule has 0 saturated carbocycles. The zero-order chi connectivity index (χ0) is 21.5. The highest BCUT2D eigenvalue weighted by Gasteiger charge is 2.30. The van der Waals surface area contributed by atoms with Crippen LogP contribution in [0, 0.1) is 0 Å². The summed E-state index contributed by atoms with van der Waals surface area (Å²) in [7, 11) is 0. The van der Waals surface area contributed by atoms with Crippen LogP contribution in [0.1, 0.15) is 29.3 Å². The number of rotatable bonds is 8. The molecule has 1 aliphatic rings. The highest BCUT2D eigenvalue weighted by Crippen LogP contribution is 2.20. The van der Waals surface area contributed by atoms with Gasteiger partial charge in [0.1, 0.15) is 5.70 Å². The molecule has 0 unspecified atom stereocenters. The van der Waals surface area contributed by atoms with Crippen molar-refractivity contribution in [2.24, 2.45) is 0 Å². The number of benzene rings is 2. The van der Waals surface area contributed by atoms with E-state index in [2.05, 4.69) is 10.6 Å². The van der Waals surface area contributed by atoms with Gasteiger partial charge in [-0.1, -0.05) is 35.9 Å². The smallest absolute Gasteiger partial charge is 0.276 e. The van der Waals surface area contributed by atoms with E-state index in [9.17, 15) is 9.59 Å². The molecule has 156 valence electrons. The molecule has 0 spiro atoms. The number of nitrogens with one attached hydrogen (secondary N) is 2. The molecule has 3 rings (SSSR count). The molecule has 0 aromatic heterocycles. The lowest BCUT2D eigenvalue weighted by atomic mass is 10.1. The van der Waals surface area contributed by atoms with E-state index in [0.29, 0.717) is 53.3 Å². The molecule has 0 bridgehead atoms. The van der Waals surface area contributed by atoms with Crippen LogP contribution in [0.5, 0.6) is 0 Å². The molecule has 1 saturated heterocycles. The molecule has 6 nitrogen and oxygen atoms in total. The lowest BCUT2D eigenvalue weighted by Gasteiger charge is -2.13. The second-order valence-corrected chi connectivity index (χ2v) is 7.35. The van der Waals surface area contributed by atoms with E-state index in [-0.39, 0.29) is 11.8 Å². The molecule has 2 aromatic rings. The number of amides is 2. The molecule has 0 radical (unpaired) electrons. The number of carbonyl (C=O) groups is 2. The van der Waals surface area contributed by atoms with E-state index in [1.807, 2.05) is 13.0 Å². The molecule has 0 atom stereocenters. The highest BCUT2D eigenvalue weighted by atomic mass is 35.5. The van der Waals surface area contributed by atoms with Gasteiger partial charge in [0.25, 0.3) is 11.8 Å². The maximum Gasteiger partial charge on any atom is 0.276 e. The van der Waals surface area contributed by atoms with Gasteiger partial charge in [-0.3, -0.25) is 14.5 Å². The largest absolute Gasteiger partial charge is 0.382 e. The van der Waals surface area contributed by atoms with Crippen molar-refractivity contribution in [1.82, 2.24) is 10.2 Å². The second-order valence-electron chi connectivity index (χ2n) is 6.55. The standard InChI is InChI=1S/C22H22ClN3O3S/c1-2-29-12-6-11-26-21(28)19(25-22(26)30)14-15-7-5-8-16(13-15)24-20(27)17-9-3-4-10-18(17)23/h3-5,7-10,13-14H,2,6,11-12H2,1H3,(H,24,27)(H,25,30). The number of carbonyl (C=O) groups excluding carboxylic acids is 2. The lowest BCUT2D eigenvalue weighted by molar-refractivity contribution is -0.122. The molecule has 8 heteroatoms. The van der Waals surface area contributed by atoms with E-state index >= 15 is 0 Å². The minimum Gasteiger partial charge on any atom is -0.382 e. The predicted molar refractivity (Wildman–Crippen MR) is 122 cm³/mol. The van der Waals surface area contributed by atoms with Crippen LogP contribution in [0.3, 0.4) is 0 Å². The van der Waals surface area contributed by atoms with Crippen molar-refractivity contribution >= 4 is 52.5 Å². The van der Waals surface area contributed by atoms with Crippen LogP contribution < -0.4 is 10.6 Å². The minimum atomic E-state index is -0.304. The van der Waals surface area contributed by atoms with Gasteiger partial charge in [0.15, 0.2) is 5.11 Å². The van der Waals surface area contributed by atoms with E-state index in [0.717, 1.165) is 5.56 Å². The van der Waals surface area contributed by atoms with Crippen LogP contribution in [0.2, 0.25) is 5.02 Å². The minimum absolute atomic E-state index is 0.179. The van der Waals surface area contributed by atoms with E-state index in [1.54, 1.807) is 48.5 Å². The van der Waals surface area contributed by atoms with E-state index in [1.165, 1.54) is 4.90 Å². The summed E-state index contributed by atoms with van der Waals surface area (Å²) in [6.07, 6.45) is 2.42. The second kappa shape index (κ2) is 10.3. The van der Waals surface area contributed by atoms with E-state index < -0.39 is 0 Å². The van der Waals surface area contributed by atoms with Gasteiger partial charge >= 0.3 is 0 Å². The van der Waals surface area contributed by atoms with Gasteiger partial charge in [-0.2, -0.15) is 0 Å². The number of hydrogen-bond acceptors (Lipinski definition) is 4. The Morgan fingerprint density at radius 3 is 2.83 bits per heavy atom. The van der Waals surface area contributed by atoms with Gasteiger partial charge in [-0.25, -0.2) is 0 Å². The average molecular weight is 444 g/mol. The molecule has 2 amide bonds. The number of halogens is 1. The quantitative estimate of drug-likeness (QED) is 0.365. The fraction of sp³-hybridized carbons (Fsp3) is 0.227. The van der Waals surface area contributed by atoms with Crippen LogP contribution >= 0.6 is 23.8 Å². The highest BCUT2D eigenvalue weighted by molar-refractivity contribution is 7.80. The monoisotopic (exact) mass is 443 g/mol. The number of nitrogens with zero attached hydrogens (tertiary/aromatic N) is 1. The maximum absolute atomic E-state index is 12.7. The summed E-state index contributed by atoms with van der Waals surface area (Å²) >= 11 is 11.4. The number of thiocarbonyl (C=S) groups is 1. The number of ether oxygens (including phenoxy) is 1. The van der Waals surface area contributed by atoms with Gasteiger partial charge in [0, 0.05) is 25.4 Å². The number of anilines is 1. The molecule has 1 heterocycles. The van der Waals surface area contributed by atoms with Crippen molar-refractivity contribution in [2.45, 2.75) is 13.3 Å². The molecular formula is C22H22ClN3O3S. The lowest BCUT2D eigenvalue weighted by Crippen LogP contribution is -2.32. The van der Waals surface area contributed by atoms with Crippen molar-refractivity contribution in [3.8, 4) is 0 Å². The van der Waals surface area contributed by atoms with Gasteiger partial charge < -0.3 is 15.4 Å². The van der Waals surface area contributed by atoms with Crippen LogP contribution in [-0.2, 0) is 9.53 Å². The Kier molecular flexibility index (Phi) is 7.57. The molecule has 0 aliphatic carbocycles. The Balaban J connectivity index is 1.69. The third-order valence-corrected chi connectivity index (χ3v) is 5.06. The Morgan fingerprint density at radius 2 is 2.07 bits per heavy atom. The zero-order valence-electron chi connectivity index (χ0n) is 16.5. The predicted octanol–water partition coefficient (Wildman–Crippen LogP) is 4.08. The van der Waals surface area contributed by atoms with Crippen LogP contribution in [-0.4, -0.2) is 41.6 Å². The van der Waals surface area contributed by atoms with Crippen molar-refractivity contribution in [1.29, 1.82) is 0 Å². The van der Waals surface area contributed by atoms with Gasteiger partial charge in [0.2, 0.25) is 0 Å². The SMILES string of the molecule is CCOCCCN1C(=O)C(=Cc2cccc(NC(=O)c3ccccc3Cl)c2)NC1=S. The first-order valence-electron chi connectivity index (χ1n) is 9.58. The molecular weight excluding hydrogens is 422 g/mol. The van der Waals surface area contributed by atoms with Gasteiger partial charge in [-0.05, 0) is 61.5 Å². The topological polar surface area (TPSA) is 70.7 Å². The Bertz CT molecular complexity index is 993. The molecule has 2 N–H and O–H groups in total. The Morgan fingerprint density at radius 1 is 1.27 bits per heavy atom. The summed E-state index contributed by atoms with van der Waals surface area (Å²) in [4.78, 5) is 26.6. The van der Waals surface area contributed by atoms with Crippen molar-refractivity contribution in [3.05, 3.63) is 70.4 Å². The molecule has 1 fully saturated rings. The summed E-state index contributed by atoms with van der Waals surface area (Å²) in [5.74, 6) is -0.482. The number of hydrogen-bond donors (Lipinski definition) is 2. The van der Waals surface area contributed by atoms with Crippen LogP contribution in [0.15, 0.2) is 54.2 Å². The Hall–Kier alpha value is -2.74. The maximum atomic E-state index is 12.7. The summed E-state index contributed by atoms with van der Waals surface area (Å²) in [5, 5.41) is 6.55. The van der Waals surface area contributed by atoms with Crippen molar-refractivity contribution < 1.29 is 14.3 Å². The van der Waals surface area contributed by atoms with Crippen molar-refractivity contribution in [2.75, 3.05) is 25.1 Å². The summed E-state index contributed by atoms with van der Waals surface area (Å²) in [6, 6.07) is 14.0.